The van der Waals surface area contributed by atoms with Gasteiger partial charge in [0.1, 0.15) is 22.1 Å². The van der Waals surface area contributed by atoms with Crippen molar-refractivity contribution in [3.8, 4) is 5.75 Å². The zero-order valence-electron chi connectivity index (χ0n) is 17.0. The van der Waals surface area contributed by atoms with Crippen molar-refractivity contribution in [3.05, 3.63) is 93.0 Å². The van der Waals surface area contributed by atoms with Gasteiger partial charge in [0.15, 0.2) is 9.84 Å². The molecule has 0 fully saturated rings. The zero-order valence-corrected chi connectivity index (χ0v) is 18.6. The number of benzene rings is 2. The van der Waals surface area contributed by atoms with Gasteiger partial charge in [-0.3, -0.25) is 4.79 Å². The minimum atomic E-state index is -3.83. The van der Waals surface area contributed by atoms with Crippen molar-refractivity contribution in [2.24, 2.45) is 0 Å². The molecule has 1 atom stereocenters. The Labute approximate surface area is 188 Å². The van der Waals surface area contributed by atoms with Gasteiger partial charge in [-0.15, -0.1) is 11.3 Å². The van der Waals surface area contributed by atoms with Crippen molar-refractivity contribution in [3.63, 3.8) is 0 Å². The molecule has 2 aromatic heterocycles. The van der Waals surface area contributed by atoms with Gasteiger partial charge in [0, 0.05) is 16.8 Å². The first-order chi connectivity index (χ1) is 15.4. The average molecular weight is 470 g/mol. The molecule has 4 rings (SSSR count). The van der Waals surface area contributed by atoms with Gasteiger partial charge in [-0.25, -0.2) is 13.2 Å². The Hall–Kier alpha value is -3.43. The van der Waals surface area contributed by atoms with E-state index in [1.54, 1.807) is 53.9 Å². The molecule has 9 heteroatoms. The third kappa shape index (κ3) is 4.30. The van der Waals surface area contributed by atoms with Gasteiger partial charge in [-0.1, -0.05) is 24.3 Å². The number of carbonyl (C=O) groups excluding carboxylic acids is 1. The molecule has 1 amide bonds. The summed E-state index contributed by atoms with van der Waals surface area (Å²) < 4.78 is 37.0. The van der Waals surface area contributed by atoms with Crippen LogP contribution in [0.1, 0.15) is 20.5 Å². The first kappa shape index (κ1) is 21.8. The van der Waals surface area contributed by atoms with Gasteiger partial charge in [-0.2, -0.15) is 0 Å². The highest BCUT2D eigenvalue weighted by Gasteiger charge is 2.31. The lowest BCUT2D eigenvalue weighted by Gasteiger charge is -2.17. The maximum Gasteiger partial charge on any atom is 0.349 e. The van der Waals surface area contributed by atoms with Gasteiger partial charge >= 0.3 is 5.63 Å². The van der Waals surface area contributed by atoms with E-state index in [0.29, 0.717) is 21.6 Å². The monoisotopic (exact) mass is 469 g/mol. The topological polar surface area (TPSA) is 103 Å². The number of para-hydroxylation sites is 1. The van der Waals surface area contributed by atoms with E-state index in [1.807, 2.05) is 0 Å². The molecule has 0 spiro atoms. The molecule has 164 valence electrons. The van der Waals surface area contributed by atoms with Crippen LogP contribution in [0.3, 0.4) is 0 Å². The molecule has 0 unspecified atom stereocenters. The van der Waals surface area contributed by atoms with E-state index < -0.39 is 26.6 Å². The third-order valence-corrected chi connectivity index (χ3v) is 8.19. The molecule has 0 saturated carbocycles. The molecule has 0 saturated heterocycles. The SMILES string of the molecule is COc1ccc(S(=O)(=O)[C@@H](CNC(=O)c2cc3ccccc3oc2=O)c2cccs2)cc1. The van der Waals surface area contributed by atoms with Gasteiger partial charge in [0.25, 0.3) is 5.91 Å². The van der Waals surface area contributed by atoms with E-state index >= 15 is 0 Å². The predicted octanol–water partition coefficient (Wildman–Crippen LogP) is 3.81. The van der Waals surface area contributed by atoms with Crippen molar-refractivity contribution in [1.29, 1.82) is 0 Å². The summed E-state index contributed by atoms with van der Waals surface area (Å²) in [7, 11) is -2.34. The third-order valence-electron chi connectivity index (χ3n) is 4.96. The number of nitrogens with one attached hydrogen (secondary N) is 1. The Morgan fingerprint density at radius 1 is 1.09 bits per heavy atom. The first-order valence-corrected chi connectivity index (χ1v) is 12.0. The largest absolute Gasteiger partial charge is 0.497 e. The second-order valence-electron chi connectivity index (χ2n) is 6.92. The molecule has 4 aromatic rings. The zero-order chi connectivity index (χ0) is 22.7. The predicted molar refractivity (Wildman–Crippen MR) is 122 cm³/mol. The number of amides is 1. The maximum absolute atomic E-state index is 13.4. The van der Waals surface area contributed by atoms with E-state index in [4.69, 9.17) is 9.15 Å². The fraction of sp³-hybridized carbons (Fsp3) is 0.130. The van der Waals surface area contributed by atoms with Crippen molar-refractivity contribution in [2.75, 3.05) is 13.7 Å². The molecule has 2 heterocycles. The summed E-state index contributed by atoms with van der Waals surface area (Å²) in [6.07, 6.45) is 0. The lowest BCUT2D eigenvalue weighted by Crippen LogP contribution is -2.34. The smallest absolute Gasteiger partial charge is 0.349 e. The molecule has 0 aliphatic rings. The number of ether oxygens (including phenoxy) is 1. The van der Waals surface area contributed by atoms with E-state index in [9.17, 15) is 18.0 Å². The standard InChI is InChI=1S/C23H19NO6S2/c1-29-16-8-10-17(11-9-16)32(27,28)21(20-7-4-12-31-20)14-24-22(25)18-13-15-5-2-3-6-19(15)30-23(18)26/h2-13,21H,14H2,1H3,(H,24,25)/t21-/m0/s1. The number of fused-ring (bicyclic) bond motifs is 1. The number of carbonyl (C=O) groups is 1. The second kappa shape index (κ2) is 8.97. The minimum absolute atomic E-state index is 0.108. The maximum atomic E-state index is 13.4. The molecular weight excluding hydrogens is 450 g/mol. The fourth-order valence-corrected chi connectivity index (χ4v) is 6.05. The van der Waals surface area contributed by atoms with E-state index in [-0.39, 0.29) is 17.0 Å². The molecule has 32 heavy (non-hydrogen) atoms. The van der Waals surface area contributed by atoms with Crippen molar-refractivity contribution in [2.45, 2.75) is 10.1 Å². The molecule has 7 nitrogen and oxygen atoms in total. The Kier molecular flexibility index (Phi) is 6.11. The average Bonchev–Trinajstić information content (AvgIpc) is 3.33. The summed E-state index contributed by atoms with van der Waals surface area (Å²) in [6.45, 7) is -0.208. The van der Waals surface area contributed by atoms with Crippen LogP contribution in [0, 0.1) is 0 Å². The summed E-state index contributed by atoms with van der Waals surface area (Å²) in [5.41, 5.74) is -0.602. The highest BCUT2D eigenvalue weighted by atomic mass is 32.2. The van der Waals surface area contributed by atoms with E-state index in [1.165, 1.54) is 36.6 Å². The number of thiophene rings is 1. The first-order valence-electron chi connectivity index (χ1n) is 9.62. The highest BCUT2D eigenvalue weighted by molar-refractivity contribution is 7.91. The number of hydrogen-bond acceptors (Lipinski definition) is 7. The Bertz CT molecular complexity index is 1410. The number of hydrogen-bond donors (Lipinski definition) is 1. The fourth-order valence-electron chi connectivity index (χ4n) is 3.27. The van der Waals surface area contributed by atoms with Gasteiger partial charge < -0.3 is 14.5 Å². The normalized spacial score (nSPS) is 12.4. The molecule has 0 aliphatic heterocycles. The van der Waals surface area contributed by atoms with Crippen molar-refractivity contribution in [1.82, 2.24) is 5.32 Å². The molecule has 0 bridgehead atoms. The van der Waals surface area contributed by atoms with E-state index in [2.05, 4.69) is 5.32 Å². The molecular formula is C23H19NO6S2. The number of rotatable bonds is 7. The molecule has 1 N–H and O–H groups in total. The van der Waals surface area contributed by atoms with Crippen LogP contribution in [0.2, 0.25) is 0 Å². The Morgan fingerprint density at radius 3 is 2.53 bits per heavy atom. The van der Waals surface area contributed by atoms with Crippen LogP contribution in [0.25, 0.3) is 11.0 Å². The van der Waals surface area contributed by atoms with Crippen LogP contribution in [-0.4, -0.2) is 28.0 Å². The van der Waals surface area contributed by atoms with Crippen molar-refractivity contribution < 1.29 is 22.4 Å². The Morgan fingerprint density at radius 2 is 1.84 bits per heavy atom. The molecule has 0 aliphatic carbocycles. The van der Waals surface area contributed by atoms with Gasteiger partial charge in [-0.05, 0) is 47.8 Å². The number of methoxy groups -OCH3 is 1. The van der Waals surface area contributed by atoms with Crippen molar-refractivity contribution >= 4 is 38.1 Å². The van der Waals surface area contributed by atoms with Crippen LogP contribution in [-0.2, 0) is 9.84 Å². The Balaban J connectivity index is 1.62. The summed E-state index contributed by atoms with van der Waals surface area (Å²) in [4.78, 5) is 25.7. The number of sulfone groups is 1. The molecule has 2 aromatic carbocycles. The van der Waals surface area contributed by atoms with Crippen LogP contribution in [0.4, 0.5) is 0 Å². The van der Waals surface area contributed by atoms with Crippen LogP contribution >= 0.6 is 11.3 Å². The van der Waals surface area contributed by atoms with Crippen LogP contribution in [0.5, 0.6) is 5.75 Å². The summed E-state index contributed by atoms with van der Waals surface area (Å²) in [5, 5.41) is 3.94. The quantitative estimate of drug-likeness (QED) is 0.413. The van der Waals surface area contributed by atoms with Gasteiger partial charge in [0.2, 0.25) is 0 Å². The van der Waals surface area contributed by atoms with Crippen LogP contribution < -0.4 is 15.7 Å². The summed E-state index contributed by atoms with van der Waals surface area (Å²) >= 11 is 1.28. The lowest BCUT2D eigenvalue weighted by atomic mass is 10.2. The molecule has 0 radical (unpaired) electrons. The summed E-state index contributed by atoms with van der Waals surface area (Å²) in [5.74, 6) is -0.163. The van der Waals surface area contributed by atoms with Crippen LogP contribution in [0.15, 0.2) is 86.2 Å². The van der Waals surface area contributed by atoms with E-state index in [0.717, 1.165) is 0 Å². The minimum Gasteiger partial charge on any atom is -0.497 e. The second-order valence-corrected chi connectivity index (χ2v) is 10.0. The van der Waals surface area contributed by atoms with Gasteiger partial charge in [0.05, 0.1) is 12.0 Å². The highest BCUT2D eigenvalue weighted by Crippen LogP contribution is 2.32. The lowest BCUT2D eigenvalue weighted by molar-refractivity contribution is 0.0950. The summed E-state index contributed by atoms with van der Waals surface area (Å²) in [6, 6.07) is 17.8.